The Morgan fingerprint density at radius 3 is 2.50 bits per heavy atom. The molecule has 0 aliphatic rings. The first-order valence-corrected chi connectivity index (χ1v) is 6.53. The van der Waals surface area contributed by atoms with E-state index in [-0.39, 0.29) is 5.95 Å². The Hall–Kier alpha value is -2.50. The molecule has 0 bridgehead atoms. The summed E-state index contributed by atoms with van der Waals surface area (Å²) in [7, 11) is 1.78. The first-order chi connectivity index (χ1) is 9.71. The highest BCUT2D eigenvalue weighted by molar-refractivity contribution is 5.61. The predicted molar refractivity (Wildman–Crippen MR) is 81.5 cm³/mol. The lowest BCUT2D eigenvalue weighted by Crippen LogP contribution is -2.03. The third kappa shape index (κ3) is 3.74. The number of anilines is 4. The van der Waals surface area contributed by atoms with E-state index < -0.39 is 0 Å². The minimum Gasteiger partial charge on any atom is -0.494 e. The van der Waals surface area contributed by atoms with Gasteiger partial charge in [0.15, 0.2) is 0 Å². The fourth-order valence-electron chi connectivity index (χ4n) is 1.66. The minimum absolute atomic E-state index is 0.224. The molecule has 6 nitrogen and oxygen atoms in total. The third-order valence-corrected chi connectivity index (χ3v) is 2.60. The van der Waals surface area contributed by atoms with E-state index in [1.165, 1.54) is 0 Å². The molecule has 2 rings (SSSR count). The van der Waals surface area contributed by atoms with E-state index in [4.69, 9.17) is 10.5 Å². The van der Waals surface area contributed by atoms with E-state index in [9.17, 15) is 0 Å². The molecule has 6 heteroatoms. The Labute approximate surface area is 118 Å². The summed E-state index contributed by atoms with van der Waals surface area (Å²) in [6.45, 7) is 2.80. The molecule has 0 aliphatic carbocycles. The average Bonchev–Trinajstić information content (AvgIpc) is 2.46. The van der Waals surface area contributed by atoms with Crippen molar-refractivity contribution in [1.29, 1.82) is 0 Å². The summed E-state index contributed by atoms with van der Waals surface area (Å²) in [5, 5.41) is 6.11. The number of ether oxygens (including phenoxy) is 1. The molecule has 0 saturated heterocycles. The number of nitrogens with two attached hydrogens (primary N) is 1. The quantitative estimate of drug-likeness (QED) is 0.750. The molecule has 0 fully saturated rings. The van der Waals surface area contributed by atoms with Gasteiger partial charge in [0.05, 0.1) is 6.61 Å². The van der Waals surface area contributed by atoms with Crippen LogP contribution in [-0.2, 0) is 0 Å². The number of benzene rings is 1. The summed E-state index contributed by atoms with van der Waals surface area (Å²) in [6, 6.07) is 9.49. The van der Waals surface area contributed by atoms with Gasteiger partial charge in [-0.2, -0.15) is 9.97 Å². The number of aromatic nitrogens is 2. The number of hydrogen-bond donors (Lipinski definition) is 3. The zero-order chi connectivity index (χ0) is 14.4. The van der Waals surface area contributed by atoms with Gasteiger partial charge in [-0.25, -0.2) is 0 Å². The monoisotopic (exact) mass is 273 g/mol. The van der Waals surface area contributed by atoms with Crippen LogP contribution in [0.4, 0.5) is 23.3 Å². The highest BCUT2D eigenvalue weighted by Gasteiger charge is 2.02. The van der Waals surface area contributed by atoms with Crippen molar-refractivity contribution in [3.63, 3.8) is 0 Å². The Morgan fingerprint density at radius 2 is 1.85 bits per heavy atom. The van der Waals surface area contributed by atoms with Crippen LogP contribution in [-0.4, -0.2) is 23.6 Å². The molecule has 0 atom stereocenters. The molecule has 4 N–H and O–H groups in total. The van der Waals surface area contributed by atoms with E-state index in [1.54, 1.807) is 13.1 Å². The minimum atomic E-state index is 0.224. The van der Waals surface area contributed by atoms with Gasteiger partial charge >= 0.3 is 0 Å². The van der Waals surface area contributed by atoms with Crippen LogP contribution < -0.4 is 21.1 Å². The van der Waals surface area contributed by atoms with Gasteiger partial charge in [-0.1, -0.05) is 6.92 Å². The zero-order valence-electron chi connectivity index (χ0n) is 11.7. The molecule has 0 aliphatic heterocycles. The number of nitrogen functional groups attached to an aromatic ring is 1. The summed E-state index contributed by atoms with van der Waals surface area (Å²) >= 11 is 0. The van der Waals surface area contributed by atoms with Crippen molar-refractivity contribution in [2.75, 3.05) is 30.0 Å². The molecule has 0 radical (unpaired) electrons. The van der Waals surface area contributed by atoms with Crippen molar-refractivity contribution in [2.45, 2.75) is 13.3 Å². The number of nitrogens with zero attached hydrogens (tertiary/aromatic N) is 2. The highest BCUT2D eigenvalue weighted by atomic mass is 16.5. The maximum atomic E-state index is 5.65. The smallest absolute Gasteiger partial charge is 0.223 e. The molecule has 0 spiro atoms. The van der Waals surface area contributed by atoms with Crippen molar-refractivity contribution in [2.24, 2.45) is 0 Å². The number of nitrogens with one attached hydrogen (secondary N) is 2. The van der Waals surface area contributed by atoms with Crippen LogP contribution in [0.1, 0.15) is 13.3 Å². The predicted octanol–water partition coefficient (Wildman–Crippen LogP) is 2.63. The van der Waals surface area contributed by atoms with Crippen LogP contribution in [0.2, 0.25) is 0 Å². The number of hydrogen-bond acceptors (Lipinski definition) is 6. The maximum absolute atomic E-state index is 5.65. The Morgan fingerprint density at radius 1 is 1.15 bits per heavy atom. The fourth-order valence-corrected chi connectivity index (χ4v) is 1.66. The van der Waals surface area contributed by atoms with Crippen molar-refractivity contribution >= 4 is 23.3 Å². The molecule has 0 amide bonds. The normalized spacial score (nSPS) is 10.1. The van der Waals surface area contributed by atoms with Crippen molar-refractivity contribution < 1.29 is 4.74 Å². The summed E-state index contributed by atoms with van der Waals surface area (Å²) < 4.78 is 5.53. The zero-order valence-corrected chi connectivity index (χ0v) is 11.7. The first-order valence-electron chi connectivity index (χ1n) is 6.53. The SMILES string of the molecule is CCCOc1ccc(Nc2cc(NC)nc(N)n2)cc1. The van der Waals surface area contributed by atoms with Gasteiger partial charge in [0.1, 0.15) is 17.4 Å². The van der Waals surface area contributed by atoms with E-state index in [0.29, 0.717) is 11.6 Å². The molecule has 0 unspecified atom stereocenters. The first kappa shape index (κ1) is 13.9. The second kappa shape index (κ2) is 6.60. The lowest BCUT2D eigenvalue weighted by Gasteiger charge is -2.09. The Kier molecular flexibility index (Phi) is 4.60. The van der Waals surface area contributed by atoms with Gasteiger partial charge in [-0.05, 0) is 30.7 Å². The molecule has 1 heterocycles. The fraction of sp³-hybridized carbons (Fsp3) is 0.286. The summed E-state index contributed by atoms with van der Waals surface area (Å²) in [5.41, 5.74) is 6.56. The summed E-state index contributed by atoms with van der Waals surface area (Å²) in [6.07, 6.45) is 0.993. The van der Waals surface area contributed by atoms with Crippen LogP contribution in [0, 0.1) is 0 Å². The van der Waals surface area contributed by atoms with E-state index in [1.807, 2.05) is 24.3 Å². The highest BCUT2D eigenvalue weighted by Crippen LogP contribution is 2.20. The van der Waals surface area contributed by atoms with Crippen LogP contribution in [0.15, 0.2) is 30.3 Å². The molecular formula is C14H19N5O. The molecule has 106 valence electrons. The van der Waals surface area contributed by atoms with Gasteiger partial charge in [0.25, 0.3) is 0 Å². The molecule has 2 aromatic rings. The van der Waals surface area contributed by atoms with Crippen LogP contribution in [0.25, 0.3) is 0 Å². The average molecular weight is 273 g/mol. The van der Waals surface area contributed by atoms with Gasteiger partial charge in [-0.15, -0.1) is 0 Å². The van der Waals surface area contributed by atoms with Crippen LogP contribution in [0.5, 0.6) is 5.75 Å². The Bertz CT molecular complexity index is 556. The molecular weight excluding hydrogens is 254 g/mol. The maximum Gasteiger partial charge on any atom is 0.223 e. The standard InChI is InChI=1S/C14H19N5O/c1-3-8-20-11-6-4-10(5-7-11)17-13-9-12(16-2)18-14(15)19-13/h4-7,9H,3,8H2,1-2H3,(H4,15,16,17,18,19). The number of rotatable bonds is 6. The van der Waals surface area contributed by atoms with Gasteiger partial charge in [0, 0.05) is 18.8 Å². The topological polar surface area (TPSA) is 85.1 Å². The van der Waals surface area contributed by atoms with Gasteiger partial charge in [-0.3, -0.25) is 0 Å². The van der Waals surface area contributed by atoms with E-state index in [0.717, 1.165) is 24.5 Å². The second-order valence-corrected chi connectivity index (χ2v) is 4.24. The third-order valence-electron chi connectivity index (χ3n) is 2.60. The lowest BCUT2D eigenvalue weighted by molar-refractivity contribution is 0.317. The molecule has 1 aromatic carbocycles. The molecule has 1 aromatic heterocycles. The van der Waals surface area contributed by atoms with Crippen molar-refractivity contribution in [3.05, 3.63) is 30.3 Å². The Balaban J connectivity index is 2.07. The largest absolute Gasteiger partial charge is 0.494 e. The van der Waals surface area contributed by atoms with E-state index >= 15 is 0 Å². The van der Waals surface area contributed by atoms with Crippen molar-refractivity contribution in [3.8, 4) is 5.75 Å². The molecule has 20 heavy (non-hydrogen) atoms. The lowest BCUT2D eigenvalue weighted by atomic mass is 10.3. The van der Waals surface area contributed by atoms with Gasteiger partial charge < -0.3 is 21.1 Å². The summed E-state index contributed by atoms with van der Waals surface area (Å²) in [5.74, 6) is 2.39. The van der Waals surface area contributed by atoms with Crippen LogP contribution >= 0.6 is 0 Å². The van der Waals surface area contributed by atoms with Crippen molar-refractivity contribution in [1.82, 2.24) is 9.97 Å². The van der Waals surface area contributed by atoms with E-state index in [2.05, 4.69) is 27.5 Å². The van der Waals surface area contributed by atoms with Crippen LogP contribution in [0.3, 0.4) is 0 Å². The second-order valence-electron chi connectivity index (χ2n) is 4.24. The molecule has 0 saturated carbocycles. The van der Waals surface area contributed by atoms with Gasteiger partial charge in [0.2, 0.25) is 5.95 Å². The summed E-state index contributed by atoms with van der Waals surface area (Å²) in [4.78, 5) is 8.17.